The van der Waals surface area contributed by atoms with Gasteiger partial charge >= 0.3 is 58.4 Å². The van der Waals surface area contributed by atoms with Gasteiger partial charge in [0.15, 0.2) is 0 Å². The minimum Gasteiger partial charge on any atom is -0.470 e. The van der Waals surface area contributed by atoms with Crippen LogP contribution < -0.4 is 57.0 Å². The molecule has 0 aromatic carbocycles. The van der Waals surface area contributed by atoms with Gasteiger partial charge in [-0.2, -0.15) is 4.39 Å². The van der Waals surface area contributed by atoms with Gasteiger partial charge in [0.2, 0.25) is 0 Å². The van der Waals surface area contributed by atoms with Gasteiger partial charge in [0.25, 0.3) is 6.01 Å². The summed E-state index contributed by atoms with van der Waals surface area (Å²) in [5, 5.41) is 0. The molecule has 0 N–H and O–H groups in total. The van der Waals surface area contributed by atoms with E-state index in [4.69, 9.17) is 0 Å². The maximum absolute atomic E-state index is 11.8. The Balaban J connectivity index is 0.000001000. The fourth-order valence-corrected chi connectivity index (χ4v) is 0.504. The third kappa shape index (κ3) is 3.29. The average Bonchev–Trinajstić information content (AvgIpc) is 2.11. The predicted octanol–water partition coefficient (Wildman–Crippen LogP) is -1.52. The van der Waals surface area contributed by atoms with Gasteiger partial charge in [-0.15, -0.1) is 0 Å². The molecule has 1 nitrogen and oxygen atoms in total. The minimum atomic E-state index is -5.19. The van der Waals surface area contributed by atoms with E-state index in [0.717, 1.165) is 0 Å². The van der Waals surface area contributed by atoms with Crippen molar-refractivity contribution in [2.45, 2.75) is 0 Å². The molecule has 56 valence electrons. The van der Waals surface area contributed by atoms with Gasteiger partial charge in [-0.05, 0) is 6.07 Å². The van der Waals surface area contributed by atoms with Crippen LogP contribution in [0.1, 0.15) is 0 Å². The molecule has 0 fully saturated rings. The fraction of sp³-hybridized carbons (Fsp3) is 0. The summed E-state index contributed by atoms with van der Waals surface area (Å²) in [6.45, 7) is -5.19. The Bertz CT molecular complexity index is 232. The average molecular weight is 192 g/mol. The topological polar surface area (TPSA) is 13.1 Å². The molecule has 0 unspecified atom stereocenters. The van der Waals surface area contributed by atoms with Crippen molar-refractivity contribution in [2.24, 2.45) is 0 Å². The van der Waals surface area contributed by atoms with Crippen LogP contribution in [-0.2, 0) is 0 Å². The van der Waals surface area contributed by atoms with Gasteiger partial charge in [-0.25, -0.2) is 0 Å². The van der Waals surface area contributed by atoms with Crippen LogP contribution in [0.2, 0.25) is 0 Å². The van der Waals surface area contributed by atoms with Crippen LogP contribution in [0.3, 0.4) is 0 Å². The normalized spacial score (nSPS) is 10.9. The molecule has 0 spiro atoms. The monoisotopic (exact) mass is 192 g/mol. The summed E-state index contributed by atoms with van der Waals surface area (Å²) in [7, 11) is 0. The molecule has 11 heavy (non-hydrogen) atoms. The molecule has 0 atom stereocenters. The number of rotatable bonds is 1. The third-order valence-electron chi connectivity index (χ3n) is 0.917. The smallest absolute Gasteiger partial charge is 0.470 e. The number of hydrogen-bond donors (Lipinski definition) is 0. The van der Waals surface area contributed by atoms with E-state index in [-0.39, 0.29) is 51.4 Å². The maximum atomic E-state index is 11.8. The molecule has 7 heteroatoms. The zero-order valence-electron chi connectivity index (χ0n) is 5.65. The van der Waals surface area contributed by atoms with Gasteiger partial charge in [-0.3, -0.25) is 0 Å². The molecule has 1 rings (SSSR count). The first-order chi connectivity index (χ1) is 4.50. The summed E-state index contributed by atoms with van der Waals surface area (Å²) >= 11 is 0. The third-order valence-corrected chi connectivity index (χ3v) is 0.917. The Hall–Kier alpha value is 0.701. The molecule has 0 bridgehead atoms. The molecule has 0 aliphatic heterocycles. The van der Waals surface area contributed by atoms with Crippen molar-refractivity contribution < 1.29 is 73.1 Å². The van der Waals surface area contributed by atoms with E-state index in [1.54, 1.807) is 0 Å². The molecule has 0 aliphatic rings. The van der Waals surface area contributed by atoms with Gasteiger partial charge in [0.1, 0.15) is 0 Å². The number of halogens is 4. The Labute approximate surface area is 103 Å². The van der Waals surface area contributed by atoms with Gasteiger partial charge in [-0.1, -0.05) is 0 Å². The Morgan fingerprint density at radius 3 is 1.91 bits per heavy atom. The molecule has 0 aliphatic carbocycles. The maximum Gasteiger partial charge on any atom is 1.00 e. The van der Waals surface area contributed by atoms with Crippen LogP contribution in [0.25, 0.3) is 0 Å². The SMILES string of the molecule is Fc1ccc([B-](F)(F)F)o1.[K+]. The van der Waals surface area contributed by atoms with Crippen molar-refractivity contribution in [3.63, 3.8) is 0 Å². The number of furan rings is 1. The summed E-state index contributed by atoms with van der Waals surface area (Å²) in [5.74, 6) is 0. The Kier molecular flexibility index (Phi) is 4.35. The van der Waals surface area contributed by atoms with Gasteiger partial charge < -0.3 is 17.4 Å². The van der Waals surface area contributed by atoms with E-state index in [1.807, 2.05) is 0 Å². The quantitative estimate of drug-likeness (QED) is 0.389. The van der Waals surface area contributed by atoms with Gasteiger partial charge in [0, 0.05) is 6.07 Å². The second-order valence-electron chi connectivity index (χ2n) is 1.72. The van der Waals surface area contributed by atoms with E-state index >= 15 is 0 Å². The second kappa shape index (κ2) is 4.09. The van der Waals surface area contributed by atoms with E-state index in [1.165, 1.54) is 0 Å². The molecule has 1 aromatic heterocycles. The molecule has 0 saturated heterocycles. The van der Waals surface area contributed by atoms with Crippen LogP contribution in [0.4, 0.5) is 17.3 Å². The zero-order chi connectivity index (χ0) is 7.78. The predicted molar refractivity (Wildman–Crippen MR) is 27.4 cm³/mol. The van der Waals surface area contributed by atoms with Crippen molar-refractivity contribution in [3.05, 3.63) is 18.1 Å². The number of hydrogen-bond acceptors (Lipinski definition) is 1. The standard InChI is InChI=1S/C4H2BF4O.K/c6-4-2-1-3(10-4)5(7,8)9;/h1-2H;/q-1;+1. The molecule has 1 heterocycles. The molecular formula is C4H2BF4KO. The largest absolute Gasteiger partial charge is 1.00 e. The van der Waals surface area contributed by atoms with E-state index < -0.39 is 18.7 Å². The minimum absolute atomic E-state index is 0. The first kappa shape index (κ1) is 11.7. The van der Waals surface area contributed by atoms with Crippen LogP contribution >= 0.6 is 0 Å². The summed E-state index contributed by atoms with van der Waals surface area (Å²) in [6.07, 6.45) is 0. The first-order valence-corrected chi connectivity index (χ1v) is 2.45. The van der Waals surface area contributed by atoms with Crippen molar-refractivity contribution in [3.8, 4) is 0 Å². The van der Waals surface area contributed by atoms with Crippen LogP contribution in [-0.4, -0.2) is 6.98 Å². The summed E-state index contributed by atoms with van der Waals surface area (Å²) in [4.78, 5) is 0. The van der Waals surface area contributed by atoms with E-state index in [0.29, 0.717) is 12.1 Å². The van der Waals surface area contributed by atoms with Crippen LogP contribution in [0.5, 0.6) is 0 Å². The molecule has 0 saturated carbocycles. The summed E-state index contributed by atoms with van der Waals surface area (Å²) in [6, 6.07) is -0.0194. The van der Waals surface area contributed by atoms with Crippen LogP contribution in [0.15, 0.2) is 16.5 Å². The van der Waals surface area contributed by atoms with Crippen molar-refractivity contribution in [1.82, 2.24) is 0 Å². The summed E-state index contributed by atoms with van der Waals surface area (Å²) in [5.41, 5.74) is -1.25. The second-order valence-corrected chi connectivity index (χ2v) is 1.72. The van der Waals surface area contributed by atoms with E-state index in [2.05, 4.69) is 4.42 Å². The summed E-state index contributed by atoms with van der Waals surface area (Å²) < 4.78 is 50.3. The van der Waals surface area contributed by atoms with Crippen molar-refractivity contribution in [1.29, 1.82) is 0 Å². The zero-order valence-corrected chi connectivity index (χ0v) is 8.78. The van der Waals surface area contributed by atoms with E-state index in [9.17, 15) is 17.3 Å². The Morgan fingerprint density at radius 2 is 1.73 bits per heavy atom. The first-order valence-electron chi connectivity index (χ1n) is 2.45. The van der Waals surface area contributed by atoms with Crippen LogP contribution in [0, 0.1) is 6.01 Å². The fourth-order valence-electron chi connectivity index (χ4n) is 0.504. The van der Waals surface area contributed by atoms with Crippen molar-refractivity contribution >= 4 is 12.6 Å². The Morgan fingerprint density at radius 1 is 1.18 bits per heavy atom. The van der Waals surface area contributed by atoms with Crippen molar-refractivity contribution in [2.75, 3.05) is 0 Å². The molecular weight excluding hydrogens is 190 g/mol. The molecule has 1 aromatic rings. The van der Waals surface area contributed by atoms with Gasteiger partial charge in [0.05, 0.1) is 5.66 Å². The molecule has 0 amide bonds. The molecule has 0 radical (unpaired) electrons.